The quantitative estimate of drug-likeness (QED) is 0.620. The number of nitrogens with one attached hydrogen (secondary N) is 1. The van der Waals surface area contributed by atoms with Crippen molar-refractivity contribution in [2.45, 2.75) is 19.4 Å². The van der Waals surface area contributed by atoms with E-state index < -0.39 is 11.9 Å². The van der Waals surface area contributed by atoms with Gasteiger partial charge in [-0.1, -0.05) is 29.8 Å². The van der Waals surface area contributed by atoms with Crippen molar-refractivity contribution in [3.63, 3.8) is 0 Å². The third-order valence-electron chi connectivity index (χ3n) is 4.95. The third kappa shape index (κ3) is 3.73. The van der Waals surface area contributed by atoms with Crippen LogP contribution in [0.15, 0.2) is 48.2 Å². The van der Waals surface area contributed by atoms with E-state index in [1.807, 2.05) is 4.90 Å². The Balaban J connectivity index is 1.52. The fourth-order valence-corrected chi connectivity index (χ4v) is 3.61. The number of rotatable bonds is 4. The molecular formula is C21H19ClFN3O2. The fourth-order valence-electron chi connectivity index (χ4n) is 3.48. The summed E-state index contributed by atoms with van der Waals surface area (Å²) >= 11 is 5.86. The van der Waals surface area contributed by atoms with Gasteiger partial charge >= 0.3 is 6.03 Å². The molecule has 5 nitrogen and oxygen atoms in total. The summed E-state index contributed by atoms with van der Waals surface area (Å²) in [5, 5.41) is 3.15. The van der Waals surface area contributed by atoms with Crippen LogP contribution >= 0.6 is 11.6 Å². The number of carbonyl (C=O) groups excluding carboxylic acids is 2. The smallest absolute Gasteiger partial charge is 0.329 e. The maximum atomic E-state index is 14.5. The minimum absolute atomic E-state index is 0.132. The molecule has 144 valence electrons. The highest BCUT2D eigenvalue weighted by Crippen LogP contribution is 2.26. The predicted octanol–water partition coefficient (Wildman–Crippen LogP) is 4.17. The van der Waals surface area contributed by atoms with Crippen LogP contribution in [0.5, 0.6) is 0 Å². The molecule has 2 aromatic rings. The molecule has 0 bridgehead atoms. The molecule has 2 heterocycles. The van der Waals surface area contributed by atoms with Gasteiger partial charge < -0.3 is 10.2 Å². The van der Waals surface area contributed by atoms with Gasteiger partial charge in [0.2, 0.25) is 0 Å². The lowest BCUT2D eigenvalue weighted by Crippen LogP contribution is -2.30. The van der Waals surface area contributed by atoms with Gasteiger partial charge in [0.15, 0.2) is 0 Å². The second-order valence-corrected chi connectivity index (χ2v) is 7.35. The lowest BCUT2D eigenvalue weighted by atomic mass is 10.1. The van der Waals surface area contributed by atoms with Crippen LogP contribution in [0.4, 0.5) is 14.9 Å². The van der Waals surface area contributed by atoms with Crippen molar-refractivity contribution in [1.29, 1.82) is 0 Å². The highest BCUT2D eigenvalue weighted by molar-refractivity contribution is 6.30. The Morgan fingerprint density at radius 3 is 2.46 bits per heavy atom. The zero-order valence-electron chi connectivity index (χ0n) is 15.1. The number of amides is 3. The number of imide groups is 1. The van der Waals surface area contributed by atoms with Crippen molar-refractivity contribution in [2.24, 2.45) is 0 Å². The van der Waals surface area contributed by atoms with E-state index in [0.717, 1.165) is 36.4 Å². The summed E-state index contributed by atoms with van der Waals surface area (Å²) in [6, 6.07) is 11.3. The Morgan fingerprint density at radius 1 is 1.07 bits per heavy atom. The number of hydrogen-bond acceptors (Lipinski definition) is 3. The van der Waals surface area contributed by atoms with E-state index in [0.29, 0.717) is 16.3 Å². The summed E-state index contributed by atoms with van der Waals surface area (Å²) in [6.07, 6.45) is 3.63. The second kappa shape index (κ2) is 7.64. The van der Waals surface area contributed by atoms with Crippen LogP contribution in [0, 0.1) is 5.82 Å². The van der Waals surface area contributed by atoms with E-state index in [2.05, 4.69) is 5.32 Å². The minimum atomic E-state index is -0.500. The van der Waals surface area contributed by atoms with Crippen molar-refractivity contribution in [3.05, 3.63) is 70.1 Å². The van der Waals surface area contributed by atoms with Gasteiger partial charge in [-0.2, -0.15) is 0 Å². The highest BCUT2D eigenvalue weighted by atomic mass is 35.5. The topological polar surface area (TPSA) is 52.7 Å². The molecule has 7 heteroatoms. The molecule has 4 rings (SSSR count). The van der Waals surface area contributed by atoms with Gasteiger partial charge in [-0.3, -0.25) is 9.69 Å². The van der Waals surface area contributed by atoms with Gasteiger partial charge in [0.25, 0.3) is 5.91 Å². The molecule has 0 saturated carbocycles. The zero-order chi connectivity index (χ0) is 19.7. The number of carbonyl (C=O) groups is 2. The number of anilines is 1. The molecule has 2 saturated heterocycles. The van der Waals surface area contributed by atoms with E-state index in [1.54, 1.807) is 36.4 Å². The SMILES string of the molecule is O=C1NC(=Cc2ccc(N3CCCC3)c(F)c2)C(=O)N1Cc1ccc(Cl)cc1. The predicted molar refractivity (Wildman–Crippen MR) is 106 cm³/mol. The van der Waals surface area contributed by atoms with E-state index in [9.17, 15) is 14.0 Å². The monoisotopic (exact) mass is 399 g/mol. The molecule has 0 radical (unpaired) electrons. The first-order valence-corrected chi connectivity index (χ1v) is 9.52. The normalized spacial score (nSPS) is 18.3. The summed E-state index contributed by atoms with van der Waals surface area (Å²) in [4.78, 5) is 27.9. The molecule has 2 aliphatic heterocycles. The Morgan fingerprint density at radius 2 is 1.79 bits per heavy atom. The van der Waals surface area contributed by atoms with E-state index in [1.165, 1.54) is 12.1 Å². The van der Waals surface area contributed by atoms with Gasteiger partial charge in [0.1, 0.15) is 11.5 Å². The third-order valence-corrected chi connectivity index (χ3v) is 5.20. The molecule has 0 aromatic heterocycles. The van der Waals surface area contributed by atoms with Gasteiger partial charge in [-0.05, 0) is 54.3 Å². The minimum Gasteiger partial charge on any atom is -0.369 e. The van der Waals surface area contributed by atoms with E-state index in [4.69, 9.17) is 11.6 Å². The summed E-state index contributed by atoms with van der Waals surface area (Å²) < 4.78 is 14.5. The van der Waals surface area contributed by atoms with Crippen LogP contribution < -0.4 is 10.2 Å². The maximum absolute atomic E-state index is 14.5. The van der Waals surface area contributed by atoms with Crippen LogP contribution in [-0.2, 0) is 11.3 Å². The molecule has 3 amide bonds. The first kappa shape index (κ1) is 18.5. The molecule has 0 unspecified atom stereocenters. The van der Waals surface area contributed by atoms with E-state index in [-0.39, 0.29) is 18.1 Å². The lowest BCUT2D eigenvalue weighted by Gasteiger charge is -2.18. The van der Waals surface area contributed by atoms with Crippen molar-refractivity contribution in [1.82, 2.24) is 10.2 Å². The van der Waals surface area contributed by atoms with Gasteiger partial charge in [0.05, 0.1) is 12.2 Å². The molecule has 28 heavy (non-hydrogen) atoms. The Hall–Kier alpha value is -2.86. The summed E-state index contributed by atoms with van der Waals surface area (Å²) in [5.41, 5.74) is 2.02. The number of hydrogen-bond donors (Lipinski definition) is 1. The number of nitrogens with zero attached hydrogens (tertiary/aromatic N) is 2. The lowest BCUT2D eigenvalue weighted by molar-refractivity contribution is -0.123. The van der Waals surface area contributed by atoms with Crippen LogP contribution in [0.1, 0.15) is 24.0 Å². The van der Waals surface area contributed by atoms with Crippen molar-refractivity contribution in [2.75, 3.05) is 18.0 Å². The van der Waals surface area contributed by atoms with Gasteiger partial charge in [0, 0.05) is 18.1 Å². The first-order chi connectivity index (χ1) is 13.5. The van der Waals surface area contributed by atoms with Crippen molar-refractivity contribution >= 4 is 35.3 Å². The fraction of sp³-hybridized carbons (Fsp3) is 0.238. The van der Waals surface area contributed by atoms with Gasteiger partial charge in [-0.15, -0.1) is 0 Å². The second-order valence-electron chi connectivity index (χ2n) is 6.91. The van der Waals surface area contributed by atoms with Crippen molar-refractivity contribution in [3.8, 4) is 0 Å². The van der Waals surface area contributed by atoms with Gasteiger partial charge in [-0.25, -0.2) is 9.18 Å². The Labute approximate surface area is 167 Å². The number of benzene rings is 2. The molecule has 0 spiro atoms. The Kier molecular flexibility index (Phi) is 5.05. The number of halogens is 2. The largest absolute Gasteiger partial charge is 0.369 e. The van der Waals surface area contributed by atoms with Crippen molar-refractivity contribution < 1.29 is 14.0 Å². The zero-order valence-corrected chi connectivity index (χ0v) is 15.9. The average Bonchev–Trinajstić information content (AvgIpc) is 3.28. The maximum Gasteiger partial charge on any atom is 0.329 e. The van der Waals surface area contributed by atoms with Crippen LogP contribution in [0.25, 0.3) is 6.08 Å². The molecule has 2 aliphatic rings. The van der Waals surface area contributed by atoms with Crippen LogP contribution in [-0.4, -0.2) is 29.9 Å². The molecule has 1 N–H and O–H groups in total. The Bertz CT molecular complexity index is 953. The summed E-state index contributed by atoms with van der Waals surface area (Å²) in [5.74, 6) is -0.768. The first-order valence-electron chi connectivity index (χ1n) is 9.15. The standard InChI is InChI=1S/C21H19ClFN3O2/c22-16-6-3-14(4-7-16)13-26-20(27)18(24-21(26)28)12-15-5-8-19(17(23)11-15)25-9-1-2-10-25/h3-8,11-12H,1-2,9-10,13H2,(H,24,28). The molecule has 2 fully saturated rings. The molecule has 0 aliphatic carbocycles. The summed E-state index contributed by atoms with van der Waals surface area (Å²) in [7, 11) is 0. The number of urea groups is 1. The molecule has 2 aromatic carbocycles. The molecular weight excluding hydrogens is 381 g/mol. The molecule has 0 atom stereocenters. The van der Waals surface area contributed by atoms with Crippen LogP contribution in [0.2, 0.25) is 5.02 Å². The van der Waals surface area contributed by atoms with Crippen LogP contribution in [0.3, 0.4) is 0 Å². The average molecular weight is 400 g/mol. The van der Waals surface area contributed by atoms with E-state index >= 15 is 0 Å². The highest BCUT2D eigenvalue weighted by Gasteiger charge is 2.33. The summed E-state index contributed by atoms with van der Waals surface area (Å²) in [6.45, 7) is 1.85.